The Morgan fingerprint density at radius 3 is 2.32 bits per heavy atom. The molecule has 3 aromatic rings. The van der Waals surface area contributed by atoms with Crippen molar-refractivity contribution in [3.63, 3.8) is 0 Å². The molecular formula is C43H51F2N7O8. The topological polar surface area (TPSA) is 179 Å². The first-order valence-corrected chi connectivity index (χ1v) is 20.6. The highest BCUT2D eigenvalue weighted by Crippen LogP contribution is 2.28. The highest BCUT2D eigenvalue weighted by Gasteiger charge is 2.46. The smallest absolute Gasteiger partial charge is 0.328 e. The van der Waals surface area contributed by atoms with Gasteiger partial charge in [0.25, 0.3) is 0 Å². The van der Waals surface area contributed by atoms with Gasteiger partial charge in [-0.1, -0.05) is 19.1 Å². The van der Waals surface area contributed by atoms with E-state index in [4.69, 9.17) is 4.74 Å². The van der Waals surface area contributed by atoms with Crippen LogP contribution in [0.5, 0.6) is 0 Å². The number of nitrogens with one attached hydrogen (secondary N) is 3. The fourth-order valence-electron chi connectivity index (χ4n) is 9.01. The molecule has 1 aromatic heterocycles. The zero-order valence-corrected chi connectivity index (χ0v) is 34.0. The van der Waals surface area contributed by atoms with Crippen molar-refractivity contribution in [2.45, 2.75) is 101 Å². The van der Waals surface area contributed by atoms with Gasteiger partial charge in [-0.05, 0) is 92.1 Å². The summed E-state index contributed by atoms with van der Waals surface area (Å²) < 4.78 is 36.4. The van der Waals surface area contributed by atoms with E-state index in [1.165, 1.54) is 21.6 Å². The quantitative estimate of drug-likeness (QED) is 0.302. The first-order valence-electron chi connectivity index (χ1n) is 20.6. The highest BCUT2D eigenvalue weighted by atomic mass is 19.1. The molecular weight excluding hydrogens is 781 g/mol. The molecule has 7 rings (SSSR count). The lowest BCUT2D eigenvalue weighted by Gasteiger charge is -2.39. The third-order valence-corrected chi connectivity index (χ3v) is 12.0. The normalized spacial score (nSPS) is 25.9. The lowest BCUT2D eigenvalue weighted by molar-refractivity contribution is -0.158. The van der Waals surface area contributed by atoms with Crippen LogP contribution in [-0.2, 0) is 58.2 Å². The first kappa shape index (κ1) is 42.3. The molecule has 5 heterocycles. The van der Waals surface area contributed by atoms with Gasteiger partial charge in [0, 0.05) is 50.9 Å². The van der Waals surface area contributed by atoms with Gasteiger partial charge < -0.3 is 40.0 Å². The van der Waals surface area contributed by atoms with Crippen LogP contribution in [0.15, 0.2) is 48.7 Å². The number of benzene rings is 2. The Labute approximate surface area is 346 Å². The Balaban J connectivity index is 1.19. The van der Waals surface area contributed by atoms with E-state index in [0.29, 0.717) is 37.3 Å². The number of carbonyl (C=O) groups excluding carboxylic acids is 7. The summed E-state index contributed by atoms with van der Waals surface area (Å²) in [7, 11) is 1.87. The van der Waals surface area contributed by atoms with E-state index in [0.717, 1.165) is 23.0 Å². The first-order chi connectivity index (χ1) is 28.7. The monoisotopic (exact) mass is 831 g/mol. The molecule has 6 amide bonds. The average Bonchev–Trinajstić information content (AvgIpc) is 3.96. The Morgan fingerprint density at radius 1 is 0.833 bits per heavy atom. The molecule has 4 saturated heterocycles. The number of fused-ring (bicyclic) bond motifs is 4. The Morgan fingerprint density at radius 2 is 1.55 bits per heavy atom. The summed E-state index contributed by atoms with van der Waals surface area (Å²) in [4.78, 5) is 102. The number of hydrogen-bond acceptors (Lipinski definition) is 8. The van der Waals surface area contributed by atoms with Crippen molar-refractivity contribution in [2.75, 3.05) is 26.2 Å². The van der Waals surface area contributed by atoms with Gasteiger partial charge in [0.1, 0.15) is 54.5 Å². The Bertz CT molecular complexity index is 2180. The van der Waals surface area contributed by atoms with E-state index < -0.39 is 95.9 Å². The van der Waals surface area contributed by atoms with Crippen LogP contribution in [0.1, 0.15) is 63.5 Å². The Kier molecular flexibility index (Phi) is 12.5. The second-order valence-corrected chi connectivity index (χ2v) is 16.6. The molecule has 0 saturated carbocycles. The molecule has 17 heteroatoms. The van der Waals surface area contributed by atoms with E-state index in [1.54, 1.807) is 6.07 Å². The largest absolute Gasteiger partial charge is 0.461 e. The molecule has 320 valence electrons. The van der Waals surface area contributed by atoms with E-state index in [2.05, 4.69) is 16.0 Å². The zero-order chi connectivity index (χ0) is 42.8. The number of esters is 1. The summed E-state index contributed by atoms with van der Waals surface area (Å²) in [5.74, 6) is -6.42. The van der Waals surface area contributed by atoms with Crippen molar-refractivity contribution in [3.05, 3.63) is 71.4 Å². The van der Waals surface area contributed by atoms with Gasteiger partial charge in [0.05, 0.1) is 6.42 Å². The van der Waals surface area contributed by atoms with Crippen molar-refractivity contribution in [2.24, 2.45) is 13.0 Å². The predicted molar refractivity (Wildman–Crippen MR) is 212 cm³/mol. The summed E-state index contributed by atoms with van der Waals surface area (Å²) in [6.45, 7) is 3.32. The van der Waals surface area contributed by atoms with E-state index in [-0.39, 0.29) is 56.8 Å². The van der Waals surface area contributed by atoms with Crippen LogP contribution in [0.3, 0.4) is 0 Å². The van der Waals surface area contributed by atoms with Gasteiger partial charge in [0.15, 0.2) is 0 Å². The third-order valence-electron chi connectivity index (χ3n) is 12.0. The van der Waals surface area contributed by atoms with Crippen molar-refractivity contribution in [1.29, 1.82) is 0 Å². The number of aromatic nitrogens is 1. The maximum atomic E-state index is 14.6. The number of carbonyl (C=O) groups is 7. The van der Waals surface area contributed by atoms with Gasteiger partial charge in [-0.3, -0.25) is 28.8 Å². The molecule has 4 aliphatic rings. The van der Waals surface area contributed by atoms with Gasteiger partial charge in [-0.25, -0.2) is 13.6 Å². The maximum Gasteiger partial charge on any atom is 0.328 e. The minimum atomic E-state index is -1.58. The molecule has 0 radical (unpaired) electrons. The van der Waals surface area contributed by atoms with E-state index in [1.807, 2.05) is 42.9 Å². The number of hydrogen-bond donors (Lipinski definition) is 3. The van der Waals surface area contributed by atoms with Crippen LogP contribution in [0.25, 0.3) is 10.9 Å². The van der Waals surface area contributed by atoms with Gasteiger partial charge in [-0.2, -0.15) is 0 Å². The van der Waals surface area contributed by atoms with Crippen LogP contribution in [0.2, 0.25) is 0 Å². The highest BCUT2D eigenvalue weighted by molar-refractivity contribution is 5.98. The minimum absolute atomic E-state index is 0.0496. The number of ether oxygens (including phenoxy) is 1. The van der Waals surface area contributed by atoms with Crippen LogP contribution < -0.4 is 16.0 Å². The SMILES string of the molecule is C[C@H]1C[C@H]2C(=O)OC[C@H](NC(=O)[C@H](Cc3cc(F)cc(F)c3)NC(=O)Cc3ccc4ccn(C)c4c3)C(=O)N3CCC[C@H]3C(=O)N3CCCC[C@H]3C(=O)N[C@@H](C)C(=O)N2C1. The van der Waals surface area contributed by atoms with E-state index in [9.17, 15) is 42.3 Å². The zero-order valence-electron chi connectivity index (χ0n) is 34.0. The second kappa shape index (κ2) is 17.8. The second-order valence-electron chi connectivity index (χ2n) is 16.6. The lowest BCUT2D eigenvalue weighted by atomic mass is 9.99. The van der Waals surface area contributed by atoms with E-state index >= 15 is 0 Å². The fraction of sp³-hybridized carbons (Fsp3) is 0.512. The van der Waals surface area contributed by atoms with Crippen LogP contribution in [0, 0.1) is 17.6 Å². The van der Waals surface area contributed by atoms with Gasteiger partial charge >= 0.3 is 5.97 Å². The number of halogens is 2. The molecule has 0 unspecified atom stereocenters. The van der Waals surface area contributed by atoms with Crippen LogP contribution in [0.4, 0.5) is 8.78 Å². The third kappa shape index (κ3) is 9.14. The molecule has 3 N–H and O–H groups in total. The molecule has 0 aliphatic carbocycles. The van der Waals surface area contributed by atoms with Crippen LogP contribution >= 0.6 is 0 Å². The van der Waals surface area contributed by atoms with Crippen molar-refractivity contribution in [1.82, 2.24) is 35.2 Å². The Hall–Kier alpha value is -5.87. The number of aryl methyl sites for hydroxylation is 1. The number of piperidine rings is 1. The molecule has 0 spiro atoms. The van der Waals surface area contributed by atoms with Crippen LogP contribution in [-0.4, -0.2) is 123 Å². The summed E-state index contributed by atoms with van der Waals surface area (Å²) in [6.07, 6.45) is 3.99. The van der Waals surface area contributed by atoms with Crippen molar-refractivity contribution < 1.29 is 47.1 Å². The molecule has 15 nitrogen and oxygen atoms in total. The molecule has 4 aliphatic heterocycles. The lowest BCUT2D eigenvalue weighted by Crippen LogP contribution is -2.62. The number of cyclic esters (lactones) is 1. The van der Waals surface area contributed by atoms with Gasteiger partial charge in [-0.15, -0.1) is 0 Å². The summed E-state index contributed by atoms with van der Waals surface area (Å²) in [5.41, 5.74) is 1.57. The molecule has 0 bridgehead atoms. The molecule has 2 aromatic carbocycles. The molecule has 4 fully saturated rings. The van der Waals surface area contributed by atoms with Crippen molar-refractivity contribution >= 4 is 52.3 Å². The maximum absolute atomic E-state index is 14.6. The molecule has 60 heavy (non-hydrogen) atoms. The number of nitrogens with zero attached hydrogens (tertiary/aromatic N) is 4. The number of amides is 6. The summed E-state index contributed by atoms with van der Waals surface area (Å²) in [6, 6.07) is 3.17. The standard InChI is InChI=1S/C43H51F2N7O8/c1-24-15-36-43(59)60-23-32(41(57)51-13-6-8-34(51)42(58)50-12-5-4-7-33(50)39(55)46-25(2)40(56)52(36)22-24)48-38(54)31(18-27-16-29(44)21-30(45)17-27)47-37(53)20-26-9-10-28-11-14-49(3)35(28)19-26/h9-11,14,16-17,19,21,24-25,31-34,36H,4-8,12-13,15,18,20,22-23H2,1-3H3,(H,46,55)(H,47,53)(H,48,54)/t24-,25-,31-,32-,33-,34-,36-/m0/s1. The van der Waals surface area contributed by atoms with Gasteiger partial charge in [0.2, 0.25) is 35.4 Å². The fourth-order valence-corrected chi connectivity index (χ4v) is 9.01. The average molecular weight is 832 g/mol. The summed E-state index contributed by atoms with van der Waals surface area (Å²) >= 11 is 0. The number of rotatable bonds is 7. The summed E-state index contributed by atoms with van der Waals surface area (Å²) in [5, 5.41) is 9.03. The molecule has 7 atom stereocenters. The minimum Gasteiger partial charge on any atom is -0.461 e. The van der Waals surface area contributed by atoms with Crippen molar-refractivity contribution in [3.8, 4) is 0 Å². The predicted octanol–water partition coefficient (Wildman–Crippen LogP) is 1.88.